The van der Waals surface area contributed by atoms with Gasteiger partial charge in [0.25, 0.3) is 0 Å². The maximum absolute atomic E-state index is 12.0. The molecule has 0 unspecified atom stereocenters. The van der Waals surface area contributed by atoms with Crippen molar-refractivity contribution in [2.75, 3.05) is 11.9 Å². The largest absolute Gasteiger partial charge is 0.378 e. The normalized spacial score (nSPS) is 22.3. The van der Waals surface area contributed by atoms with Crippen LogP contribution in [0.1, 0.15) is 39.5 Å². The number of aromatic nitrogens is 2. The van der Waals surface area contributed by atoms with Crippen LogP contribution in [0, 0.1) is 5.92 Å². The lowest BCUT2D eigenvalue weighted by Crippen LogP contribution is -2.45. The molecule has 6 nitrogen and oxygen atoms in total. The monoisotopic (exact) mass is 294 g/mol. The molecular formula is C15H26N4O2. The SMILES string of the molecule is CCC(CC)[C@H]1C[C@H](NC(=O)Nc2cnn(C)c2)CCO1. The molecule has 0 saturated carbocycles. The lowest BCUT2D eigenvalue weighted by atomic mass is 9.89. The molecule has 1 saturated heterocycles. The van der Waals surface area contributed by atoms with Crippen molar-refractivity contribution in [3.63, 3.8) is 0 Å². The number of anilines is 1. The number of ether oxygens (including phenoxy) is 1. The summed E-state index contributed by atoms with van der Waals surface area (Å²) in [5.41, 5.74) is 0.707. The fourth-order valence-electron chi connectivity index (χ4n) is 2.94. The molecule has 2 amide bonds. The van der Waals surface area contributed by atoms with E-state index in [1.807, 2.05) is 7.05 Å². The topological polar surface area (TPSA) is 68.2 Å². The molecule has 1 fully saturated rings. The Labute approximate surface area is 126 Å². The minimum absolute atomic E-state index is 0.168. The van der Waals surface area contributed by atoms with E-state index in [0.717, 1.165) is 32.3 Å². The predicted molar refractivity (Wildman–Crippen MR) is 82.2 cm³/mol. The zero-order valence-electron chi connectivity index (χ0n) is 13.1. The number of carbonyl (C=O) groups excluding carboxylic acids is 1. The van der Waals surface area contributed by atoms with Gasteiger partial charge >= 0.3 is 6.03 Å². The van der Waals surface area contributed by atoms with Crippen LogP contribution in [0.3, 0.4) is 0 Å². The van der Waals surface area contributed by atoms with Gasteiger partial charge in [0.2, 0.25) is 0 Å². The van der Waals surface area contributed by atoms with Gasteiger partial charge in [-0.2, -0.15) is 5.10 Å². The third-order valence-electron chi connectivity index (χ3n) is 4.19. The highest BCUT2D eigenvalue weighted by atomic mass is 16.5. The average Bonchev–Trinajstić information content (AvgIpc) is 2.85. The molecule has 1 aliphatic rings. The van der Waals surface area contributed by atoms with Crippen molar-refractivity contribution in [1.29, 1.82) is 0 Å². The lowest BCUT2D eigenvalue weighted by molar-refractivity contribution is -0.0329. The Hall–Kier alpha value is -1.56. The number of nitrogens with zero attached hydrogens (tertiary/aromatic N) is 2. The number of nitrogens with one attached hydrogen (secondary N) is 2. The Bertz CT molecular complexity index is 456. The van der Waals surface area contributed by atoms with E-state index in [0.29, 0.717) is 11.6 Å². The van der Waals surface area contributed by atoms with Crippen LogP contribution in [0.5, 0.6) is 0 Å². The number of hydrogen-bond donors (Lipinski definition) is 2. The number of urea groups is 1. The second kappa shape index (κ2) is 7.45. The van der Waals surface area contributed by atoms with Crippen molar-refractivity contribution in [3.8, 4) is 0 Å². The van der Waals surface area contributed by atoms with Crippen LogP contribution in [-0.4, -0.2) is 34.6 Å². The second-order valence-corrected chi connectivity index (χ2v) is 5.71. The van der Waals surface area contributed by atoms with Crippen LogP contribution in [0.25, 0.3) is 0 Å². The van der Waals surface area contributed by atoms with Gasteiger partial charge in [0.1, 0.15) is 0 Å². The number of hydrogen-bond acceptors (Lipinski definition) is 3. The van der Waals surface area contributed by atoms with Crippen LogP contribution in [0.2, 0.25) is 0 Å². The maximum Gasteiger partial charge on any atom is 0.319 e. The molecule has 2 N–H and O–H groups in total. The standard InChI is InChI=1S/C15H26N4O2/c1-4-11(5-2)14-8-12(6-7-21-14)17-15(20)18-13-9-16-19(3)10-13/h9-12,14H,4-8H2,1-3H3,(H2,17,18,20)/t12-,14-/m1/s1. The Morgan fingerprint density at radius 3 is 2.90 bits per heavy atom. The highest BCUT2D eigenvalue weighted by Crippen LogP contribution is 2.25. The molecule has 21 heavy (non-hydrogen) atoms. The van der Waals surface area contributed by atoms with Crippen molar-refractivity contribution < 1.29 is 9.53 Å². The highest BCUT2D eigenvalue weighted by molar-refractivity contribution is 5.89. The first-order valence-corrected chi connectivity index (χ1v) is 7.80. The van der Waals surface area contributed by atoms with Gasteiger partial charge in [0.05, 0.1) is 18.0 Å². The van der Waals surface area contributed by atoms with Gasteiger partial charge < -0.3 is 15.4 Å². The van der Waals surface area contributed by atoms with Crippen LogP contribution in [0.4, 0.5) is 10.5 Å². The summed E-state index contributed by atoms with van der Waals surface area (Å²) in [6, 6.07) is 0.0132. The molecule has 0 radical (unpaired) electrons. The van der Waals surface area contributed by atoms with E-state index in [1.165, 1.54) is 0 Å². The Kier molecular flexibility index (Phi) is 5.61. The van der Waals surface area contributed by atoms with E-state index in [9.17, 15) is 4.79 Å². The predicted octanol–water partition coefficient (Wildman–Crippen LogP) is 2.53. The van der Waals surface area contributed by atoms with E-state index in [-0.39, 0.29) is 18.2 Å². The Morgan fingerprint density at radius 1 is 1.52 bits per heavy atom. The summed E-state index contributed by atoms with van der Waals surface area (Å²) in [5.74, 6) is 0.580. The van der Waals surface area contributed by atoms with Gasteiger partial charge in [-0.1, -0.05) is 26.7 Å². The number of rotatable bonds is 5. The second-order valence-electron chi connectivity index (χ2n) is 5.71. The molecular weight excluding hydrogens is 268 g/mol. The maximum atomic E-state index is 12.0. The van der Waals surface area contributed by atoms with E-state index in [4.69, 9.17) is 4.74 Å². The number of amides is 2. The molecule has 2 atom stereocenters. The van der Waals surface area contributed by atoms with Gasteiger partial charge in [-0.3, -0.25) is 4.68 Å². The first-order chi connectivity index (χ1) is 10.1. The summed E-state index contributed by atoms with van der Waals surface area (Å²) < 4.78 is 7.53. The molecule has 1 aromatic heterocycles. The lowest BCUT2D eigenvalue weighted by Gasteiger charge is -2.34. The summed E-state index contributed by atoms with van der Waals surface area (Å²) in [6.45, 7) is 5.12. The molecule has 0 bridgehead atoms. The zero-order valence-corrected chi connectivity index (χ0v) is 13.1. The van der Waals surface area contributed by atoms with Crippen LogP contribution in [-0.2, 0) is 11.8 Å². The fraction of sp³-hybridized carbons (Fsp3) is 0.733. The first kappa shape index (κ1) is 15.8. The van der Waals surface area contributed by atoms with Crippen molar-refractivity contribution in [2.24, 2.45) is 13.0 Å². The van der Waals surface area contributed by atoms with Gasteiger partial charge in [-0.05, 0) is 18.8 Å². The molecule has 1 aliphatic heterocycles. The van der Waals surface area contributed by atoms with Crippen molar-refractivity contribution in [1.82, 2.24) is 15.1 Å². The third-order valence-corrected chi connectivity index (χ3v) is 4.19. The van der Waals surface area contributed by atoms with E-state index in [1.54, 1.807) is 17.1 Å². The molecule has 118 valence electrons. The van der Waals surface area contributed by atoms with Gasteiger partial charge in [-0.25, -0.2) is 4.79 Å². The summed E-state index contributed by atoms with van der Waals surface area (Å²) in [7, 11) is 1.82. The van der Waals surface area contributed by atoms with Crippen LogP contribution >= 0.6 is 0 Å². The summed E-state index contributed by atoms with van der Waals surface area (Å²) in [5, 5.41) is 9.88. The van der Waals surface area contributed by atoms with Gasteiger partial charge in [-0.15, -0.1) is 0 Å². The average molecular weight is 294 g/mol. The van der Waals surface area contributed by atoms with E-state index >= 15 is 0 Å². The Morgan fingerprint density at radius 2 is 2.29 bits per heavy atom. The molecule has 2 heterocycles. The van der Waals surface area contributed by atoms with Crippen LogP contribution < -0.4 is 10.6 Å². The van der Waals surface area contributed by atoms with Crippen molar-refractivity contribution >= 4 is 11.7 Å². The summed E-state index contributed by atoms with van der Waals surface area (Å²) in [4.78, 5) is 12.0. The smallest absolute Gasteiger partial charge is 0.319 e. The summed E-state index contributed by atoms with van der Waals surface area (Å²) in [6.07, 6.45) is 7.68. The minimum atomic E-state index is -0.168. The number of carbonyl (C=O) groups is 1. The van der Waals surface area contributed by atoms with E-state index < -0.39 is 0 Å². The highest BCUT2D eigenvalue weighted by Gasteiger charge is 2.28. The molecule has 6 heteroatoms. The zero-order chi connectivity index (χ0) is 15.2. The van der Waals surface area contributed by atoms with Crippen molar-refractivity contribution in [2.45, 2.75) is 51.7 Å². The quantitative estimate of drug-likeness (QED) is 0.877. The first-order valence-electron chi connectivity index (χ1n) is 7.80. The fourth-order valence-corrected chi connectivity index (χ4v) is 2.94. The molecule has 0 spiro atoms. The summed E-state index contributed by atoms with van der Waals surface area (Å²) >= 11 is 0. The van der Waals surface area contributed by atoms with Crippen LogP contribution in [0.15, 0.2) is 12.4 Å². The Balaban J connectivity index is 1.83. The van der Waals surface area contributed by atoms with Crippen molar-refractivity contribution in [3.05, 3.63) is 12.4 Å². The molecule has 0 aliphatic carbocycles. The molecule has 2 rings (SSSR count). The van der Waals surface area contributed by atoms with E-state index in [2.05, 4.69) is 29.6 Å². The van der Waals surface area contributed by atoms with Gasteiger partial charge in [0, 0.05) is 25.9 Å². The molecule has 0 aromatic carbocycles. The minimum Gasteiger partial charge on any atom is -0.378 e. The third kappa shape index (κ3) is 4.46. The van der Waals surface area contributed by atoms with Gasteiger partial charge in [0.15, 0.2) is 0 Å². The molecule has 1 aromatic rings. The number of aryl methyl sites for hydroxylation is 1.